The van der Waals surface area contributed by atoms with E-state index in [0.717, 1.165) is 24.7 Å². The maximum absolute atomic E-state index is 12.2. The van der Waals surface area contributed by atoms with Gasteiger partial charge in [-0.1, -0.05) is 11.6 Å². The SMILES string of the molecule is COC(=O)c1cc(NC(=O)C2CC3CC3C2)ccc1Cl. The predicted molar refractivity (Wildman–Crippen MR) is 75.7 cm³/mol. The van der Waals surface area contributed by atoms with Crippen molar-refractivity contribution in [1.29, 1.82) is 0 Å². The van der Waals surface area contributed by atoms with Gasteiger partial charge in [-0.05, 0) is 49.3 Å². The first-order valence-electron chi connectivity index (χ1n) is 6.77. The van der Waals surface area contributed by atoms with Crippen LogP contribution in [0.3, 0.4) is 0 Å². The molecule has 2 unspecified atom stereocenters. The lowest BCUT2D eigenvalue weighted by Gasteiger charge is -2.13. The van der Waals surface area contributed by atoms with Gasteiger partial charge < -0.3 is 10.1 Å². The van der Waals surface area contributed by atoms with Gasteiger partial charge in [0.1, 0.15) is 0 Å². The summed E-state index contributed by atoms with van der Waals surface area (Å²) in [4.78, 5) is 23.7. The second kappa shape index (κ2) is 5.09. The minimum Gasteiger partial charge on any atom is -0.465 e. The van der Waals surface area contributed by atoms with Crippen LogP contribution in [0.1, 0.15) is 29.6 Å². The second-order valence-corrected chi connectivity index (χ2v) is 6.01. The van der Waals surface area contributed by atoms with Crippen LogP contribution in [0.15, 0.2) is 18.2 Å². The molecule has 0 heterocycles. The van der Waals surface area contributed by atoms with Gasteiger partial charge in [-0.2, -0.15) is 0 Å². The normalized spacial score (nSPS) is 26.8. The first kappa shape index (κ1) is 13.4. The van der Waals surface area contributed by atoms with Crippen LogP contribution < -0.4 is 5.32 Å². The summed E-state index contributed by atoms with van der Waals surface area (Å²) in [5, 5.41) is 3.18. The largest absolute Gasteiger partial charge is 0.465 e. The molecule has 2 saturated carbocycles. The molecule has 20 heavy (non-hydrogen) atoms. The number of rotatable bonds is 3. The van der Waals surface area contributed by atoms with E-state index in [4.69, 9.17) is 11.6 Å². The number of carbonyl (C=O) groups excluding carboxylic acids is 2. The quantitative estimate of drug-likeness (QED) is 0.871. The summed E-state index contributed by atoms with van der Waals surface area (Å²) in [6.07, 6.45) is 3.28. The first-order chi connectivity index (χ1) is 9.58. The fraction of sp³-hybridized carbons (Fsp3) is 0.467. The minimum atomic E-state index is -0.506. The van der Waals surface area contributed by atoms with Gasteiger partial charge in [0.05, 0.1) is 17.7 Å². The minimum absolute atomic E-state index is 0.0374. The number of hydrogen-bond acceptors (Lipinski definition) is 3. The van der Waals surface area contributed by atoms with Crippen LogP contribution in [0.5, 0.6) is 0 Å². The molecule has 2 atom stereocenters. The van der Waals surface area contributed by atoms with Crippen LogP contribution in [0.2, 0.25) is 5.02 Å². The number of halogens is 1. The summed E-state index contributed by atoms with van der Waals surface area (Å²) in [6, 6.07) is 4.85. The predicted octanol–water partition coefficient (Wildman–Crippen LogP) is 3.11. The Hall–Kier alpha value is -1.55. The molecule has 1 amide bonds. The van der Waals surface area contributed by atoms with E-state index in [9.17, 15) is 9.59 Å². The van der Waals surface area contributed by atoms with Gasteiger partial charge in [0.15, 0.2) is 0 Å². The molecule has 0 aromatic heterocycles. The molecule has 2 aliphatic carbocycles. The van der Waals surface area contributed by atoms with Crippen molar-refractivity contribution < 1.29 is 14.3 Å². The second-order valence-electron chi connectivity index (χ2n) is 5.60. The zero-order valence-corrected chi connectivity index (χ0v) is 11.9. The average Bonchev–Trinajstić information content (AvgIpc) is 3.06. The number of anilines is 1. The molecule has 1 aromatic carbocycles. The molecular weight excluding hydrogens is 278 g/mol. The summed E-state index contributed by atoms with van der Waals surface area (Å²) < 4.78 is 4.66. The third-order valence-electron chi connectivity index (χ3n) is 4.25. The third-order valence-corrected chi connectivity index (χ3v) is 4.58. The standard InChI is InChI=1S/C15H16ClNO3/c1-20-15(19)12-7-11(2-3-13(12)16)17-14(18)10-5-8-4-9(8)6-10/h2-3,7-10H,4-6H2,1H3,(H,17,18). The van der Waals surface area contributed by atoms with Crippen molar-refractivity contribution in [3.05, 3.63) is 28.8 Å². The van der Waals surface area contributed by atoms with Gasteiger partial charge in [-0.3, -0.25) is 4.79 Å². The number of benzene rings is 1. The van der Waals surface area contributed by atoms with Crippen molar-refractivity contribution in [1.82, 2.24) is 0 Å². The number of fused-ring (bicyclic) bond motifs is 1. The Morgan fingerprint density at radius 2 is 1.95 bits per heavy atom. The van der Waals surface area contributed by atoms with Gasteiger partial charge in [-0.25, -0.2) is 4.79 Å². The van der Waals surface area contributed by atoms with Crippen molar-refractivity contribution in [2.75, 3.05) is 12.4 Å². The van der Waals surface area contributed by atoms with E-state index in [-0.39, 0.29) is 17.4 Å². The Morgan fingerprint density at radius 3 is 2.60 bits per heavy atom. The van der Waals surface area contributed by atoms with E-state index < -0.39 is 5.97 Å². The Balaban J connectivity index is 1.70. The molecule has 5 heteroatoms. The molecular formula is C15H16ClNO3. The number of esters is 1. The molecule has 0 radical (unpaired) electrons. The van der Waals surface area contributed by atoms with E-state index >= 15 is 0 Å². The molecule has 1 N–H and O–H groups in total. The summed E-state index contributed by atoms with van der Waals surface area (Å²) in [7, 11) is 1.30. The number of carbonyl (C=O) groups is 2. The number of nitrogens with one attached hydrogen (secondary N) is 1. The zero-order chi connectivity index (χ0) is 14.3. The molecule has 0 bridgehead atoms. The number of hydrogen-bond donors (Lipinski definition) is 1. The Labute approximate surface area is 122 Å². The molecule has 4 nitrogen and oxygen atoms in total. The third kappa shape index (κ3) is 2.52. The first-order valence-corrected chi connectivity index (χ1v) is 7.15. The van der Waals surface area contributed by atoms with Gasteiger partial charge in [0, 0.05) is 11.6 Å². The highest BCUT2D eigenvalue weighted by Crippen LogP contribution is 2.54. The summed E-state index contributed by atoms with van der Waals surface area (Å²) >= 11 is 5.94. The molecule has 1 aromatic rings. The van der Waals surface area contributed by atoms with Crippen LogP contribution in [-0.2, 0) is 9.53 Å². The van der Waals surface area contributed by atoms with Crippen LogP contribution in [0.4, 0.5) is 5.69 Å². The van der Waals surface area contributed by atoms with Gasteiger partial charge >= 0.3 is 5.97 Å². The van der Waals surface area contributed by atoms with E-state index in [1.807, 2.05) is 0 Å². The zero-order valence-electron chi connectivity index (χ0n) is 11.2. The lowest BCUT2D eigenvalue weighted by molar-refractivity contribution is -0.120. The highest BCUT2D eigenvalue weighted by molar-refractivity contribution is 6.33. The Kier molecular flexibility index (Phi) is 3.42. The smallest absolute Gasteiger partial charge is 0.339 e. The van der Waals surface area contributed by atoms with E-state index in [2.05, 4.69) is 10.1 Å². The lowest BCUT2D eigenvalue weighted by Crippen LogP contribution is -2.21. The van der Waals surface area contributed by atoms with Crippen LogP contribution in [-0.4, -0.2) is 19.0 Å². The maximum atomic E-state index is 12.2. The Bertz CT molecular complexity index is 562. The number of amides is 1. The molecule has 2 fully saturated rings. The van der Waals surface area contributed by atoms with Crippen molar-refractivity contribution in [3.63, 3.8) is 0 Å². The highest BCUT2D eigenvalue weighted by atomic mass is 35.5. The van der Waals surface area contributed by atoms with Gasteiger partial charge in [0.25, 0.3) is 0 Å². The fourth-order valence-corrected chi connectivity index (χ4v) is 3.24. The highest BCUT2D eigenvalue weighted by Gasteiger charge is 2.47. The van der Waals surface area contributed by atoms with Crippen LogP contribution >= 0.6 is 11.6 Å². The summed E-state index contributed by atoms with van der Waals surface area (Å²) in [5.74, 6) is 1.17. The lowest BCUT2D eigenvalue weighted by atomic mass is 10.0. The number of methoxy groups -OCH3 is 1. The fourth-order valence-electron chi connectivity index (χ4n) is 3.04. The van der Waals surface area contributed by atoms with E-state index in [0.29, 0.717) is 10.7 Å². The maximum Gasteiger partial charge on any atom is 0.339 e. The molecule has 3 rings (SSSR count). The Morgan fingerprint density at radius 1 is 1.25 bits per heavy atom. The van der Waals surface area contributed by atoms with Crippen LogP contribution in [0, 0.1) is 17.8 Å². The molecule has 106 valence electrons. The van der Waals surface area contributed by atoms with Crippen molar-refractivity contribution in [2.45, 2.75) is 19.3 Å². The summed E-state index contributed by atoms with van der Waals surface area (Å²) in [5.41, 5.74) is 0.849. The molecule has 2 aliphatic rings. The number of ether oxygens (including phenoxy) is 1. The van der Waals surface area contributed by atoms with Crippen LogP contribution in [0.25, 0.3) is 0 Å². The van der Waals surface area contributed by atoms with Gasteiger partial charge in [-0.15, -0.1) is 0 Å². The molecule has 0 saturated heterocycles. The molecule has 0 spiro atoms. The van der Waals surface area contributed by atoms with E-state index in [1.54, 1.807) is 18.2 Å². The van der Waals surface area contributed by atoms with E-state index in [1.165, 1.54) is 13.5 Å². The average molecular weight is 294 g/mol. The van der Waals surface area contributed by atoms with Gasteiger partial charge in [0.2, 0.25) is 5.91 Å². The van der Waals surface area contributed by atoms with Crippen molar-refractivity contribution in [3.8, 4) is 0 Å². The molecule has 0 aliphatic heterocycles. The topological polar surface area (TPSA) is 55.4 Å². The summed E-state index contributed by atoms with van der Waals surface area (Å²) in [6.45, 7) is 0. The van der Waals surface area contributed by atoms with Crippen molar-refractivity contribution >= 4 is 29.2 Å². The monoisotopic (exact) mass is 293 g/mol. The van der Waals surface area contributed by atoms with Crippen molar-refractivity contribution in [2.24, 2.45) is 17.8 Å².